The molecule has 0 radical (unpaired) electrons. The smallest absolute Gasteiger partial charge is 0.233 e. The number of likely N-dealkylation sites (tertiary alicyclic amines) is 1. The Morgan fingerprint density at radius 2 is 1.82 bits per heavy atom. The maximum atomic E-state index is 12.6. The standard InChI is InChI=1S/C17H20N2O3/c1-9-13(10(2)22-18-9)4-3-7-19-16(20)14-11-5-6-12(8-11)15(14)17(19)21/h5-6,11-12,14-15H,3-4,7-8H2,1-2H3/t11-,12+,14+,15-. The predicted octanol–water partition coefficient (Wildman–Crippen LogP) is 2.03. The molecule has 0 aromatic carbocycles. The number of amides is 2. The van der Waals surface area contributed by atoms with Crippen molar-refractivity contribution in [3.8, 4) is 0 Å². The molecule has 2 heterocycles. The monoisotopic (exact) mass is 300 g/mol. The second kappa shape index (κ2) is 4.80. The van der Waals surface area contributed by atoms with Crippen LogP contribution in [0.1, 0.15) is 29.9 Å². The van der Waals surface area contributed by atoms with Gasteiger partial charge < -0.3 is 4.52 Å². The van der Waals surface area contributed by atoms with E-state index in [0.29, 0.717) is 18.4 Å². The lowest BCUT2D eigenvalue weighted by atomic mass is 9.85. The number of carbonyl (C=O) groups is 2. The molecule has 1 aliphatic heterocycles. The van der Waals surface area contributed by atoms with Gasteiger partial charge in [-0.25, -0.2) is 0 Å². The number of carbonyl (C=O) groups excluding carboxylic acids is 2. The maximum absolute atomic E-state index is 12.6. The topological polar surface area (TPSA) is 63.4 Å². The summed E-state index contributed by atoms with van der Waals surface area (Å²) in [4.78, 5) is 26.6. The lowest BCUT2D eigenvalue weighted by Crippen LogP contribution is -2.34. The molecule has 0 unspecified atom stereocenters. The summed E-state index contributed by atoms with van der Waals surface area (Å²) >= 11 is 0. The molecule has 2 bridgehead atoms. The molecule has 0 N–H and O–H groups in total. The molecule has 1 saturated heterocycles. The number of nitrogens with zero attached hydrogens (tertiary/aromatic N) is 2. The molecule has 1 aromatic heterocycles. The Morgan fingerprint density at radius 1 is 1.18 bits per heavy atom. The van der Waals surface area contributed by atoms with E-state index in [9.17, 15) is 9.59 Å². The summed E-state index contributed by atoms with van der Waals surface area (Å²) in [5.41, 5.74) is 2.00. The van der Waals surface area contributed by atoms with Crippen LogP contribution in [0.2, 0.25) is 0 Å². The summed E-state index contributed by atoms with van der Waals surface area (Å²) in [6.45, 7) is 4.33. The van der Waals surface area contributed by atoms with Crippen LogP contribution in [0.3, 0.4) is 0 Å². The van der Waals surface area contributed by atoms with Crippen LogP contribution in [0.15, 0.2) is 16.7 Å². The van der Waals surface area contributed by atoms with Crippen molar-refractivity contribution in [3.05, 3.63) is 29.2 Å². The zero-order valence-corrected chi connectivity index (χ0v) is 12.9. The first-order chi connectivity index (χ1) is 10.6. The van der Waals surface area contributed by atoms with Gasteiger partial charge in [0.25, 0.3) is 0 Å². The highest BCUT2D eigenvalue weighted by Gasteiger charge is 2.58. The van der Waals surface area contributed by atoms with Crippen LogP contribution in [-0.2, 0) is 16.0 Å². The van der Waals surface area contributed by atoms with Gasteiger partial charge in [-0.3, -0.25) is 14.5 Å². The Hall–Kier alpha value is -1.91. The Morgan fingerprint density at radius 3 is 2.36 bits per heavy atom. The quantitative estimate of drug-likeness (QED) is 0.630. The van der Waals surface area contributed by atoms with Crippen molar-refractivity contribution < 1.29 is 14.1 Å². The van der Waals surface area contributed by atoms with E-state index >= 15 is 0 Å². The Kier molecular flexibility index (Phi) is 2.99. The molecular weight excluding hydrogens is 280 g/mol. The SMILES string of the molecule is Cc1noc(C)c1CCCN1C(=O)[C@@H]2[C@H](C1=O)[C@H]1C=C[C@@H]2C1. The normalized spacial score (nSPS) is 32.4. The first kappa shape index (κ1) is 13.7. The first-order valence-corrected chi connectivity index (χ1v) is 8.03. The fraction of sp³-hybridized carbons (Fsp3) is 0.588. The molecule has 5 nitrogen and oxygen atoms in total. The van der Waals surface area contributed by atoms with E-state index in [1.807, 2.05) is 13.8 Å². The number of imide groups is 1. The van der Waals surface area contributed by atoms with Gasteiger partial charge in [-0.05, 0) is 44.9 Å². The summed E-state index contributed by atoms with van der Waals surface area (Å²) in [5, 5.41) is 3.94. The van der Waals surface area contributed by atoms with Crippen molar-refractivity contribution in [1.82, 2.24) is 10.1 Å². The number of hydrogen-bond donors (Lipinski definition) is 0. The van der Waals surface area contributed by atoms with Gasteiger partial charge in [-0.1, -0.05) is 17.3 Å². The van der Waals surface area contributed by atoms with Crippen molar-refractivity contribution in [2.24, 2.45) is 23.7 Å². The maximum Gasteiger partial charge on any atom is 0.233 e. The number of aryl methyl sites for hydroxylation is 2. The van der Waals surface area contributed by atoms with Crippen LogP contribution >= 0.6 is 0 Å². The summed E-state index contributed by atoms with van der Waals surface area (Å²) in [6, 6.07) is 0. The van der Waals surface area contributed by atoms with Gasteiger partial charge in [-0.15, -0.1) is 0 Å². The van der Waals surface area contributed by atoms with E-state index in [2.05, 4.69) is 17.3 Å². The predicted molar refractivity (Wildman–Crippen MR) is 78.7 cm³/mol. The third kappa shape index (κ3) is 1.81. The minimum absolute atomic E-state index is 0.0469. The molecule has 1 saturated carbocycles. The average molecular weight is 300 g/mol. The molecule has 2 fully saturated rings. The minimum atomic E-state index is -0.0819. The van der Waals surface area contributed by atoms with Crippen molar-refractivity contribution in [2.75, 3.05) is 6.54 Å². The van der Waals surface area contributed by atoms with Crippen LogP contribution < -0.4 is 0 Å². The molecule has 2 aliphatic carbocycles. The highest BCUT2D eigenvalue weighted by molar-refractivity contribution is 6.06. The number of hydrogen-bond acceptors (Lipinski definition) is 4. The molecule has 0 spiro atoms. The van der Waals surface area contributed by atoms with Gasteiger partial charge in [0.15, 0.2) is 0 Å². The van der Waals surface area contributed by atoms with E-state index < -0.39 is 0 Å². The molecule has 5 heteroatoms. The Balaban J connectivity index is 1.42. The lowest BCUT2D eigenvalue weighted by Gasteiger charge is -2.16. The van der Waals surface area contributed by atoms with E-state index in [1.54, 1.807) is 0 Å². The summed E-state index contributed by atoms with van der Waals surface area (Å²) in [5.74, 6) is 1.34. The fourth-order valence-corrected chi connectivity index (χ4v) is 4.46. The number of allylic oxidation sites excluding steroid dienone is 2. The van der Waals surface area contributed by atoms with Crippen LogP contribution in [0, 0.1) is 37.5 Å². The third-order valence-corrected chi connectivity index (χ3v) is 5.55. The van der Waals surface area contributed by atoms with E-state index in [-0.39, 0.29) is 23.7 Å². The summed E-state index contributed by atoms with van der Waals surface area (Å²) < 4.78 is 5.15. The molecular formula is C17H20N2O3. The molecule has 4 rings (SSSR count). The zero-order chi connectivity index (χ0) is 15.4. The van der Waals surface area contributed by atoms with Crippen molar-refractivity contribution in [3.63, 3.8) is 0 Å². The Labute approximate surface area is 129 Å². The van der Waals surface area contributed by atoms with E-state index in [0.717, 1.165) is 36.3 Å². The highest BCUT2D eigenvalue weighted by Crippen LogP contribution is 2.52. The van der Waals surface area contributed by atoms with E-state index in [1.165, 1.54) is 4.90 Å². The van der Waals surface area contributed by atoms with Crippen LogP contribution in [0.4, 0.5) is 0 Å². The number of rotatable bonds is 4. The molecule has 22 heavy (non-hydrogen) atoms. The largest absolute Gasteiger partial charge is 0.361 e. The highest BCUT2D eigenvalue weighted by atomic mass is 16.5. The van der Waals surface area contributed by atoms with Gasteiger partial charge in [0, 0.05) is 12.1 Å². The summed E-state index contributed by atoms with van der Waals surface area (Å²) in [6.07, 6.45) is 6.80. The van der Waals surface area contributed by atoms with Crippen molar-refractivity contribution in [1.29, 1.82) is 0 Å². The zero-order valence-electron chi connectivity index (χ0n) is 12.9. The van der Waals surface area contributed by atoms with Gasteiger partial charge in [-0.2, -0.15) is 0 Å². The second-order valence-electron chi connectivity index (χ2n) is 6.73. The van der Waals surface area contributed by atoms with Gasteiger partial charge in [0.05, 0.1) is 17.5 Å². The minimum Gasteiger partial charge on any atom is -0.361 e. The fourth-order valence-electron chi connectivity index (χ4n) is 4.46. The second-order valence-corrected chi connectivity index (χ2v) is 6.73. The van der Waals surface area contributed by atoms with Gasteiger partial charge >= 0.3 is 0 Å². The Bertz CT molecular complexity index is 626. The number of fused-ring (bicyclic) bond motifs is 5. The van der Waals surface area contributed by atoms with Crippen LogP contribution in [0.25, 0.3) is 0 Å². The first-order valence-electron chi connectivity index (χ1n) is 8.03. The third-order valence-electron chi connectivity index (χ3n) is 5.55. The van der Waals surface area contributed by atoms with Crippen molar-refractivity contribution in [2.45, 2.75) is 33.1 Å². The van der Waals surface area contributed by atoms with Crippen molar-refractivity contribution >= 4 is 11.8 Å². The van der Waals surface area contributed by atoms with Gasteiger partial charge in [0.2, 0.25) is 11.8 Å². The van der Waals surface area contributed by atoms with Crippen LogP contribution in [0.5, 0.6) is 0 Å². The summed E-state index contributed by atoms with van der Waals surface area (Å²) in [7, 11) is 0. The molecule has 4 atom stereocenters. The van der Waals surface area contributed by atoms with Gasteiger partial charge in [0.1, 0.15) is 5.76 Å². The van der Waals surface area contributed by atoms with E-state index in [4.69, 9.17) is 4.52 Å². The molecule has 3 aliphatic rings. The number of aromatic nitrogens is 1. The molecule has 116 valence electrons. The lowest BCUT2D eigenvalue weighted by molar-refractivity contribution is -0.140. The van der Waals surface area contributed by atoms with Crippen LogP contribution in [-0.4, -0.2) is 28.4 Å². The molecule has 1 aromatic rings. The average Bonchev–Trinajstić information content (AvgIpc) is 3.22. The molecule has 2 amide bonds.